The SMILES string of the molecule is Cc1c(Cl)cccc1NC(=O)C(F)(F)[C@@]1(F)OC(F)(F)C(F)(F)C1(F)F. The number of hydrogen-bond acceptors (Lipinski definition) is 2. The topological polar surface area (TPSA) is 38.3 Å². The summed E-state index contributed by atoms with van der Waals surface area (Å²) in [6.07, 6.45) is -6.29. The van der Waals surface area contributed by atoms with Gasteiger partial charge in [0, 0.05) is 10.7 Å². The number of alkyl halides is 9. The first kappa shape index (κ1) is 20.6. The monoisotopic (exact) mass is 415 g/mol. The van der Waals surface area contributed by atoms with Crippen molar-refractivity contribution >= 4 is 23.2 Å². The van der Waals surface area contributed by atoms with Crippen LogP contribution in [0.15, 0.2) is 18.2 Å². The molecule has 146 valence electrons. The number of nitrogens with one attached hydrogen (secondary N) is 1. The number of halogens is 10. The van der Waals surface area contributed by atoms with Crippen LogP contribution in [-0.4, -0.2) is 35.6 Å². The molecule has 0 saturated carbocycles. The van der Waals surface area contributed by atoms with Crippen molar-refractivity contribution in [1.82, 2.24) is 0 Å². The van der Waals surface area contributed by atoms with E-state index in [1.807, 2.05) is 0 Å². The Balaban J connectivity index is 2.46. The van der Waals surface area contributed by atoms with Crippen molar-refractivity contribution in [3.05, 3.63) is 28.8 Å². The average Bonchev–Trinajstić information content (AvgIpc) is 2.59. The molecule has 1 aromatic rings. The van der Waals surface area contributed by atoms with Gasteiger partial charge in [0.25, 0.3) is 0 Å². The zero-order valence-corrected chi connectivity index (χ0v) is 13.1. The molecule has 1 amide bonds. The van der Waals surface area contributed by atoms with Gasteiger partial charge in [0.2, 0.25) is 0 Å². The highest BCUT2D eigenvalue weighted by molar-refractivity contribution is 6.31. The van der Waals surface area contributed by atoms with Gasteiger partial charge in [0.05, 0.1) is 0 Å². The number of carbonyl (C=O) groups is 1. The van der Waals surface area contributed by atoms with E-state index in [4.69, 9.17) is 11.6 Å². The molecule has 1 aliphatic rings. The van der Waals surface area contributed by atoms with Crippen molar-refractivity contribution in [3.63, 3.8) is 0 Å². The van der Waals surface area contributed by atoms with E-state index in [1.54, 1.807) is 0 Å². The van der Waals surface area contributed by atoms with Crippen LogP contribution in [0.4, 0.5) is 45.2 Å². The van der Waals surface area contributed by atoms with Crippen LogP contribution in [0, 0.1) is 6.92 Å². The van der Waals surface area contributed by atoms with Gasteiger partial charge < -0.3 is 5.32 Å². The van der Waals surface area contributed by atoms with Gasteiger partial charge in [0.1, 0.15) is 0 Å². The van der Waals surface area contributed by atoms with Crippen LogP contribution in [0.1, 0.15) is 5.56 Å². The zero-order chi connectivity index (χ0) is 20.3. The smallest absolute Gasteiger partial charge is 0.320 e. The summed E-state index contributed by atoms with van der Waals surface area (Å²) < 4.78 is 123. The van der Waals surface area contributed by atoms with E-state index in [-0.39, 0.29) is 10.6 Å². The Kier molecular flexibility index (Phi) is 4.48. The normalized spacial score (nSPS) is 26.6. The quantitative estimate of drug-likeness (QED) is 0.722. The van der Waals surface area contributed by atoms with Gasteiger partial charge in [-0.3, -0.25) is 9.53 Å². The van der Waals surface area contributed by atoms with Crippen LogP contribution >= 0.6 is 11.6 Å². The van der Waals surface area contributed by atoms with Crippen LogP contribution < -0.4 is 5.32 Å². The van der Waals surface area contributed by atoms with Crippen molar-refractivity contribution in [2.75, 3.05) is 5.32 Å². The minimum absolute atomic E-state index is 0.0685. The number of anilines is 1. The number of ether oxygens (including phenoxy) is 1. The van der Waals surface area contributed by atoms with Gasteiger partial charge in [0.15, 0.2) is 0 Å². The fourth-order valence-electron chi connectivity index (χ4n) is 2.04. The molecule has 3 nitrogen and oxygen atoms in total. The first-order valence-electron chi connectivity index (χ1n) is 6.50. The number of hydrogen-bond donors (Lipinski definition) is 1. The van der Waals surface area contributed by atoms with Crippen LogP contribution in [0.3, 0.4) is 0 Å². The Morgan fingerprint density at radius 1 is 1.08 bits per heavy atom. The molecule has 1 aromatic carbocycles. The molecule has 1 N–H and O–H groups in total. The lowest BCUT2D eigenvalue weighted by Gasteiger charge is -2.31. The molecule has 1 heterocycles. The Bertz CT molecular complexity index is 755. The third-order valence-electron chi connectivity index (χ3n) is 3.64. The summed E-state index contributed by atoms with van der Waals surface area (Å²) in [7, 11) is 0. The van der Waals surface area contributed by atoms with Gasteiger partial charge in [-0.2, -0.15) is 39.5 Å². The average molecular weight is 416 g/mol. The molecule has 1 aliphatic heterocycles. The van der Waals surface area contributed by atoms with Crippen LogP contribution in [-0.2, 0) is 9.53 Å². The number of benzene rings is 1. The summed E-state index contributed by atoms with van der Waals surface area (Å²) >= 11 is 5.63. The van der Waals surface area contributed by atoms with Crippen molar-refractivity contribution in [2.45, 2.75) is 36.7 Å². The Morgan fingerprint density at radius 3 is 2.08 bits per heavy atom. The minimum atomic E-state index is -6.73. The summed E-state index contributed by atoms with van der Waals surface area (Å²) in [5, 5.41) is 1.19. The third kappa shape index (κ3) is 2.45. The first-order chi connectivity index (χ1) is 11.5. The second kappa shape index (κ2) is 5.65. The molecular formula is C13H7ClF9NO2. The molecule has 0 unspecified atom stereocenters. The van der Waals surface area contributed by atoms with Crippen LogP contribution in [0.2, 0.25) is 5.02 Å². The van der Waals surface area contributed by atoms with E-state index >= 15 is 0 Å². The van der Waals surface area contributed by atoms with Crippen molar-refractivity contribution in [3.8, 4) is 0 Å². The number of amides is 1. The summed E-state index contributed by atoms with van der Waals surface area (Å²) in [6, 6.07) is 3.31. The molecule has 26 heavy (non-hydrogen) atoms. The molecule has 1 saturated heterocycles. The van der Waals surface area contributed by atoms with E-state index < -0.39 is 41.3 Å². The largest absolute Gasteiger partial charge is 0.428 e. The summed E-state index contributed by atoms with van der Waals surface area (Å²) in [6.45, 7) is 1.18. The molecule has 1 atom stereocenters. The van der Waals surface area contributed by atoms with E-state index in [2.05, 4.69) is 4.74 Å². The fraction of sp³-hybridized carbons (Fsp3) is 0.462. The van der Waals surface area contributed by atoms with Gasteiger partial charge in [-0.1, -0.05) is 17.7 Å². The molecule has 0 aromatic heterocycles. The fourth-order valence-corrected chi connectivity index (χ4v) is 2.22. The predicted molar refractivity (Wildman–Crippen MR) is 69.5 cm³/mol. The Labute approximate surface area is 144 Å². The van der Waals surface area contributed by atoms with E-state index in [1.165, 1.54) is 18.3 Å². The lowest BCUT2D eigenvalue weighted by molar-refractivity contribution is -0.366. The predicted octanol–water partition coefficient (Wildman–Crippen LogP) is 4.78. The first-order valence-corrected chi connectivity index (χ1v) is 6.87. The van der Waals surface area contributed by atoms with Crippen LogP contribution in [0.5, 0.6) is 0 Å². The van der Waals surface area contributed by atoms with Gasteiger partial charge in [-0.05, 0) is 24.6 Å². The summed E-state index contributed by atoms with van der Waals surface area (Å²) in [5.74, 6) is -28.7. The second-order valence-corrected chi connectivity index (χ2v) is 5.71. The Hall–Kier alpha value is -1.69. The number of carbonyl (C=O) groups excluding carboxylic acids is 1. The Morgan fingerprint density at radius 2 is 1.62 bits per heavy atom. The number of rotatable bonds is 3. The van der Waals surface area contributed by atoms with Crippen molar-refractivity contribution in [1.29, 1.82) is 0 Å². The van der Waals surface area contributed by atoms with E-state index in [0.29, 0.717) is 0 Å². The van der Waals surface area contributed by atoms with Gasteiger partial charge in [-0.25, -0.2) is 0 Å². The van der Waals surface area contributed by atoms with Gasteiger partial charge in [-0.15, -0.1) is 0 Å². The van der Waals surface area contributed by atoms with E-state index in [0.717, 1.165) is 12.1 Å². The standard InChI is InChI=1S/C13H7ClF9NO2/c1-5-6(14)3-2-4-7(5)24-8(25)9(15,16)12(21)10(17,18)11(19,20)13(22,23)26-12/h2-4H,1H3,(H,24,25)/t12-/m1/s1. The van der Waals surface area contributed by atoms with Crippen molar-refractivity contribution in [2.24, 2.45) is 0 Å². The molecule has 0 radical (unpaired) electrons. The maximum absolute atomic E-state index is 14.0. The maximum Gasteiger partial charge on any atom is 0.428 e. The lowest BCUT2D eigenvalue weighted by Crippen LogP contribution is -2.63. The summed E-state index contributed by atoms with van der Waals surface area (Å²) in [5.41, 5.74) is -0.591. The molecule has 13 heteroatoms. The lowest BCUT2D eigenvalue weighted by atomic mass is 9.99. The molecule has 0 bridgehead atoms. The van der Waals surface area contributed by atoms with Crippen LogP contribution in [0.25, 0.3) is 0 Å². The van der Waals surface area contributed by atoms with Crippen molar-refractivity contribution < 1.29 is 49.0 Å². The molecule has 2 rings (SSSR count). The second-order valence-electron chi connectivity index (χ2n) is 5.30. The molecule has 1 fully saturated rings. The van der Waals surface area contributed by atoms with Gasteiger partial charge >= 0.3 is 35.6 Å². The molecular weight excluding hydrogens is 409 g/mol. The third-order valence-corrected chi connectivity index (χ3v) is 4.05. The highest BCUT2D eigenvalue weighted by Crippen LogP contribution is 2.64. The maximum atomic E-state index is 14.0. The highest BCUT2D eigenvalue weighted by atomic mass is 35.5. The highest BCUT2D eigenvalue weighted by Gasteiger charge is 2.96. The molecule has 0 aliphatic carbocycles. The zero-order valence-electron chi connectivity index (χ0n) is 12.3. The summed E-state index contributed by atoms with van der Waals surface area (Å²) in [4.78, 5) is 11.6. The van der Waals surface area contributed by atoms with E-state index in [9.17, 15) is 44.3 Å². The molecule has 0 spiro atoms. The minimum Gasteiger partial charge on any atom is -0.320 e.